The SMILES string of the molecule is Nc1nonc1-c1noc(C(CCCC2CCCCC2)CC(=O)NO)n1. The number of hydrogen-bond donors (Lipinski definition) is 3. The third-order valence-electron chi connectivity index (χ3n) is 4.96. The number of rotatable bonds is 8. The van der Waals surface area contributed by atoms with Crippen molar-refractivity contribution in [1.82, 2.24) is 25.9 Å². The molecule has 1 unspecified atom stereocenters. The molecule has 0 saturated heterocycles. The molecule has 10 heteroatoms. The standard InChI is InChI=1S/C16H24N6O4/c17-14-13(20-26-21-14)15-18-16(25-22-15)11(9-12(23)19-24)8-4-7-10-5-2-1-3-6-10/h10-11,24H,1-9H2,(H2,17,21)(H,19,23). The number of nitrogens with one attached hydrogen (secondary N) is 1. The Morgan fingerprint density at radius 3 is 2.77 bits per heavy atom. The van der Waals surface area contributed by atoms with Crippen LogP contribution < -0.4 is 11.2 Å². The first kappa shape index (κ1) is 18.3. The van der Waals surface area contributed by atoms with Crippen LogP contribution in [0.5, 0.6) is 0 Å². The van der Waals surface area contributed by atoms with Crippen LogP contribution in [0.4, 0.5) is 5.82 Å². The molecule has 26 heavy (non-hydrogen) atoms. The first-order valence-electron chi connectivity index (χ1n) is 9.02. The van der Waals surface area contributed by atoms with Crippen LogP contribution in [0.15, 0.2) is 9.15 Å². The molecular weight excluding hydrogens is 340 g/mol. The van der Waals surface area contributed by atoms with Crippen molar-refractivity contribution in [1.29, 1.82) is 0 Å². The molecule has 1 fully saturated rings. The molecule has 2 heterocycles. The number of hydrogen-bond acceptors (Lipinski definition) is 9. The number of aromatic nitrogens is 4. The molecule has 0 aromatic carbocycles. The predicted octanol–water partition coefficient (Wildman–Crippen LogP) is 2.43. The molecule has 0 aliphatic heterocycles. The van der Waals surface area contributed by atoms with E-state index < -0.39 is 5.91 Å². The summed E-state index contributed by atoms with van der Waals surface area (Å²) in [6.45, 7) is 0. The number of carbonyl (C=O) groups is 1. The monoisotopic (exact) mass is 364 g/mol. The van der Waals surface area contributed by atoms with Crippen molar-refractivity contribution in [3.05, 3.63) is 5.89 Å². The third-order valence-corrected chi connectivity index (χ3v) is 4.96. The zero-order valence-corrected chi connectivity index (χ0v) is 14.6. The Hall–Kier alpha value is -2.49. The highest BCUT2D eigenvalue weighted by Gasteiger charge is 2.25. The Morgan fingerprint density at radius 2 is 2.08 bits per heavy atom. The molecule has 142 valence electrons. The lowest BCUT2D eigenvalue weighted by Gasteiger charge is -2.22. The molecule has 1 aliphatic carbocycles. The van der Waals surface area contributed by atoms with Crippen molar-refractivity contribution in [2.24, 2.45) is 5.92 Å². The van der Waals surface area contributed by atoms with E-state index in [0.717, 1.165) is 25.2 Å². The van der Waals surface area contributed by atoms with Crippen molar-refractivity contribution >= 4 is 11.7 Å². The number of nitrogens with two attached hydrogens (primary N) is 1. The Labute approximate surface area is 150 Å². The normalized spacial score (nSPS) is 16.5. The zero-order chi connectivity index (χ0) is 18.4. The van der Waals surface area contributed by atoms with Gasteiger partial charge in [-0.2, -0.15) is 4.98 Å². The fourth-order valence-electron chi connectivity index (χ4n) is 3.56. The van der Waals surface area contributed by atoms with Crippen LogP contribution in [-0.4, -0.2) is 31.6 Å². The van der Waals surface area contributed by atoms with Gasteiger partial charge in [0.1, 0.15) is 0 Å². The van der Waals surface area contributed by atoms with Gasteiger partial charge in [0.05, 0.1) is 0 Å². The average molecular weight is 364 g/mol. The van der Waals surface area contributed by atoms with Crippen LogP contribution in [0.3, 0.4) is 0 Å². The molecule has 1 atom stereocenters. The first-order chi connectivity index (χ1) is 12.7. The maximum absolute atomic E-state index is 11.6. The highest BCUT2D eigenvalue weighted by atomic mass is 16.6. The van der Waals surface area contributed by atoms with Gasteiger partial charge < -0.3 is 10.3 Å². The van der Waals surface area contributed by atoms with E-state index in [2.05, 4.69) is 25.1 Å². The molecule has 1 saturated carbocycles. The van der Waals surface area contributed by atoms with Crippen LogP contribution in [0.25, 0.3) is 11.5 Å². The number of amides is 1. The minimum atomic E-state index is -0.491. The van der Waals surface area contributed by atoms with E-state index in [1.54, 1.807) is 5.48 Å². The summed E-state index contributed by atoms with van der Waals surface area (Å²) < 4.78 is 9.85. The predicted molar refractivity (Wildman–Crippen MR) is 89.7 cm³/mol. The van der Waals surface area contributed by atoms with E-state index >= 15 is 0 Å². The van der Waals surface area contributed by atoms with Gasteiger partial charge in [-0.15, -0.1) is 0 Å². The molecule has 3 rings (SSSR count). The van der Waals surface area contributed by atoms with Gasteiger partial charge in [0.2, 0.25) is 17.6 Å². The second kappa shape index (κ2) is 8.75. The topological polar surface area (TPSA) is 153 Å². The average Bonchev–Trinajstić information content (AvgIpc) is 3.30. The maximum atomic E-state index is 11.6. The van der Waals surface area contributed by atoms with Gasteiger partial charge in [-0.05, 0) is 22.7 Å². The minimum Gasteiger partial charge on any atom is -0.379 e. The quantitative estimate of drug-likeness (QED) is 0.473. The van der Waals surface area contributed by atoms with Crippen molar-refractivity contribution < 1.29 is 19.2 Å². The van der Waals surface area contributed by atoms with E-state index in [0.29, 0.717) is 5.89 Å². The Kier molecular flexibility index (Phi) is 6.16. The largest absolute Gasteiger partial charge is 0.379 e. The molecule has 4 N–H and O–H groups in total. The summed E-state index contributed by atoms with van der Waals surface area (Å²) in [5, 5.41) is 19.8. The van der Waals surface area contributed by atoms with E-state index in [4.69, 9.17) is 15.5 Å². The number of nitrogens with zero attached hydrogens (tertiary/aromatic N) is 4. The molecule has 0 spiro atoms. The summed E-state index contributed by atoms with van der Waals surface area (Å²) in [5.41, 5.74) is 7.50. The number of anilines is 1. The molecule has 10 nitrogen and oxygen atoms in total. The summed E-state index contributed by atoms with van der Waals surface area (Å²) in [7, 11) is 0. The molecular formula is C16H24N6O4. The Balaban J connectivity index is 1.64. The van der Waals surface area contributed by atoms with Crippen molar-refractivity contribution in [3.63, 3.8) is 0 Å². The van der Waals surface area contributed by atoms with Gasteiger partial charge in [0.25, 0.3) is 0 Å². The number of nitrogen functional groups attached to an aromatic ring is 1. The fourth-order valence-corrected chi connectivity index (χ4v) is 3.56. The molecule has 2 aromatic heterocycles. The van der Waals surface area contributed by atoms with Crippen molar-refractivity contribution in [2.45, 2.75) is 63.7 Å². The zero-order valence-electron chi connectivity index (χ0n) is 14.6. The fraction of sp³-hybridized carbons (Fsp3) is 0.688. The smallest absolute Gasteiger partial charge is 0.244 e. The van der Waals surface area contributed by atoms with Gasteiger partial charge in [-0.3, -0.25) is 10.0 Å². The molecule has 1 amide bonds. The highest BCUT2D eigenvalue weighted by Crippen LogP contribution is 2.31. The molecule has 2 aromatic rings. The Bertz CT molecular complexity index is 709. The van der Waals surface area contributed by atoms with Crippen LogP contribution in [0, 0.1) is 5.92 Å². The molecule has 1 aliphatic rings. The van der Waals surface area contributed by atoms with Crippen molar-refractivity contribution in [2.75, 3.05) is 5.73 Å². The summed E-state index contributed by atoms with van der Waals surface area (Å²) >= 11 is 0. The van der Waals surface area contributed by atoms with Crippen molar-refractivity contribution in [3.8, 4) is 11.5 Å². The highest BCUT2D eigenvalue weighted by molar-refractivity contribution is 5.75. The van der Waals surface area contributed by atoms with E-state index in [-0.39, 0.29) is 29.7 Å². The van der Waals surface area contributed by atoms with Crippen LogP contribution in [-0.2, 0) is 4.79 Å². The Morgan fingerprint density at radius 1 is 1.27 bits per heavy atom. The lowest BCUT2D eigenvalue weighted by molar-refractivity contribution is -0.129. The number of carbonyl (C=O) groups excluding carboxylic acids is 1. The summed E-state index contributed by atoms with van der Waals surface area (Å²) in [6.07, 6.45) is 9.38. The van der Waals surface area contributed by atoms with Gasteiger partial charge in [0.15, 0.2) is 11.5 Å². The summed E-state index contributed by atoms with van der Waals surface area (Å²) in [4.78, 5) is 15.9. The van der Waals surface area contributed by atoms with Crippen LogP contribution in [0.2, 0.25) is 0 Å². The van der Waals surface area contributed by atoms with E-state index in [1.807, 2.05) is 0 Å². The number of hydroxylamine groups is 1. The van der Waals surface area contributed by atoms with Gasteiger partial charge in [-0.25, -0.2) is 10.1 Å². The maximum Gasteiger partial charge on any atom is 0.244 e. The summed E-state index contributed by atoms with van der Waals surface area (Å²) in [5.74, 6) is 0.535. The van der Waals surface area contributed by atoms with E-state index in [1.165, 1.54) is 32.1 Å². The third kappa shape index (κ3) is 4.57. The second-order valence-corrected chi connectivity index (χ2v) is 6.83. The van der Waals surface area contributed by atoms with Crippen LogP contribution in [0.1, 0.15) is 69.6 Å². The first-order valence-corrected chi connectivity index (χ1v) is 9.02. The molecule has 0 bridgehead atoms. The van der Waals surface area contributed by atoms with Gasteiger partial charge in [0, 0.05) is 12.3 Å². The molecule has 0 radical (unpaired) electrons. The minimum absolute atomic E-state index is 0.0648. The lowest BCUT2D eigenvalue weighted by atomic mass is 9.84. The lowest BCUT2D eigenvalue weighted by Crippen LogP contribution is -2.21. The van der Waals surface area contributed by atoms with Crippen LogP contribution >= 0.6 is 0 Å². The second-order valence-electron chi connectivity index (χ2n) is 6.83. The van der Waals surface area contributed by atoms with Gasteiger partial charge >= 0.3 is 0 Å². The van der Waals surface area contributed by atoms with E-state index in [9.17, 15) is 4.79 Å². The van der Waals surface area contributed by atoms with Gasteiger partial charge in [-0.1, -0.05) is 50.1 Å². The summed E-state index contributed by atoms with van der Waals surface area (Å²) in [6, 6.07) is 0.